The van der Waals surface area contributed by atoms with E-state index in [0.29, 0.717) is 17.0 Å². The van der Waals surface area contributed by atoms with E-state index < -0.39 is 16.4 Å². The molecular weight excluding hydrogens is 340 g/mol. The fourth-order valence-corrected chi connectivity index (χ4v) is 2.26. The average molecular weight is 354 g/mol. The van der Waals surface area contributed by atoms with Crippen molar-refractivity contribution < 1.29 is 14.1 Å². The highest BCUT2D eigenvalue weighted by Crippen LogP contribution is 2.19. The molecule has 1 aromatic carbocycles. The Morgan fingerprint density at radius 2 is 1.96 bits per heavy atom. The number of carbonyl (C=O) groups excluding carboxylic acids is 1. The molecule has 0 radical (unpaired) electrons. The number of hydrogen-bond acceptors (Lipinski definition) is 6. The molecule has 0 aliphatic rings. The Morgan fingerprint density at radius 3 is 2.62 bits per heavy atom. The van der Waals surface area contributed by atoms with Gasteiger partial charge in [-0.05, 0) is 30.3 Å². The van der Waals surface area contributed by atoms with Crippen molar-refractivity contribution in [2.45, 2.75) is 13.1 Å². The van der Waals surface area contributed by atoms with Gasteiger partial charge >= 0.3 is 0 Å². The Hall–Kier alpha value is -3.75. The van der Waals surface area contributed by atoms with Crippen molar-refractivity contribution in [1.29, 1.82) is 0 Å². The van der Waals surface area contributed by atoms with Crippen LogP contribution in [0.25, 0.3) is 11.3 Å². The van der Waals surface area contributed by atoms with Gasteiger partial charge < -0.3 is 9.73 Å². The van der Waals surface area contributed by atoms with Crippen molar-refractivity contribution in [1.82, 2.24) is 15.1 Å². The van der Waals surface area contributed by atoms with Gasteiger partial charge in [0.1, 0.15) is 12.3 Å². The molecule has 9 nitrogen and oxygen atoms in total. The van der Waals surface area contributed by atoms with Crippen LogP contribution in [0.2, 0.25) is 0 Å². The molecule has 3 rings (SSSR count). The van der Waals surface area contributed by atoms with E-state index in [1.165, 1.54) is 42.7 Å². The van der Waals surface area contributed by atoms with Crippen LogP contribution in [0.4, 0.5) is 5.69 Å². The first-order valence-electron chi connectivity index (χ1n) is 7.65. The Balaban J connectivity index is 1.73. The monoisotopic (exact) mass is 354 g/mol. The molecule has 0 saturated heterocycles. The van der Waals surface area contributed by atoms with Gasteiger partial charge in [0, 0.05) is 23.8 Å². The number of non-ortho nitro benzene ring substituents is 1. The topological polar surface area (TPSA) is 120 Å². The maximum absolute atomic E-state index is 12.0. The largest absolute Gasteiger partial charge is 0.467 e. The Labute approximate surface area is 147 Å². The van der Waals surface area contributed by atoms with Gasteiger partial charge in [-0.1, -0.05) is 0 Å². The molecule has 3 aromatic rings. The van der Waals surface area contributed by atoms with Gasteiger partial charge in [-0.25, -0.2) is 4.68 Å². The van der Waals surface area contributed by atoms with Gasteiger partial charge in [-0.15, -0.1) is 0 Å². The third-order valence-electron chi connectivity index (χ3n) is 3.57. The third-order valence-corrected chi connectivity index (χ3v) is 3.57. The maximum atomic E-state index is 12.0. The Bertz CT molecular complexity index is 977. The van der Waals surface area contributed by atoms with E-state index in [-0.39, 0.29) is 18.8 Å². The third kappa shape index (κ3) is 4.01. The molecular formula is C17H14N4O5. The van der Waals surface area contributed by atoms with Gasteiger partial charge in [-0.3, -0.25) is 19.7 Å². The van der Waals surface area contributed by atoms with Gasteiger partial charge in [0.05, 0.1) is 23.4 Å². The number of hydrogen-bond donors (Lipinski definition) is 1. The van der Waals surface area contributed by atoms with Crippen LogP contribution < -0.4 is 10.9 Å². The predicted octanol–water partition coefficient (Wildman–Crippen LogP) is 1.73. The quantitative estimate of drug-likeness (QED) is 0.531. The minimum Gasteiger partial charge on any atom is -0.467 e. The zero-order chi connectivity index (χ0) is 18.5. The van der Waals surface area contributed by atoms with Crippen molar-refractivity contribution in [2.24, 2.45) is 0 Å². The highest BCUT2D eigenvalue weighted by atomic mass is 16.6. The van der Waals surface area contributed by atoms with Crippen molar-refractivity contribution >= 4 is 11.6 Å². The van der Waals surface area contributed by atoms with Crippen molar-refractivity contribution in [2.75, 3.05) is 0 Å². The molecule has 9 heteroatoms. The second-order valence-electron chi connectivity index (χ2n) is 5.37. The summed E-state index contributed by atoms with van der Waals surface area (Å²) in [6.07, 6.45) is 1.50. The van der Waals surface area contributed by atoms with Crippen LogP contribution in [0.3, 0.4) is 0 Å². The lowest BCUT2D eigenvalue weighted by Gasteiger charge is -2.07. The molecule has 0 spiro atoms. The highest BCUT2D eigenvalue weighted by molar-refractivity contribution is 5.75. The fourth-order valence-electron chi connectivity index (χ4n) is 2.26. The molecule has 1 N–H and O–H groups in total. The highest BCUT2D eigenvalue weighted by Gasteiger charge is 2.10. The summed E-state index contributed by atoms with van der Waals surface area (Å²) in [4.78, 5) is 34.1. The molecule has 0 saturated carbocycles. The van der Waals surface area contributed by atoms with Gasteiger partial charge in [-0.2, -0.15) is 5.10 Å². The van der Waals surface area contributed by atoms with Crippen molar-refractivity contribution in [3.63, 3.8) is 0 Å². The number of nitro benzene ring substituents is 1. The lowest BCUT2D eigenvalue weighted by atomic mass is 10.1. The summed E-state index contributed by atoms with van der Waals surface area (Å²) in [5, 5.41) is 17.5. The number of amides is 1. The molecule has 0 bridgehead atoms. The lowest BCUT2D eigenvalue weighted by Crippen LogP contribution is -2.33. The summed E-state index contributed by atoms with van der Waals surface area (Å²) in [7, 11) is 0. The molecule has 132 valence electrons. The normalized spacial score (nSPS) is 10.5. The van der Waals surface area contributed by atoms with Crippen molar-refractivity contribution in [3.8, 4) is 11.3 Å². The SMILES string of the molecule is O=C(Cn1nc(-c2ccc([N+](=O)[O-])cc2)ccc1=O)NCc1ccco1. The molecule has 0 aliphatic carbocycles. The summed E-state index contributed by atoms with van der Waals surface area (Å²) >= 11 is 0. The summed E-state index contributed by atoms with van der Waals surface area (Å²) in [6.45, 7) is -0.0387. The zero-order valence-electron chi connectivity index (χ0n) is 13.5. The number of nitrogens with zero attached hydrogens (tertiary/aromatic N) is 3. The van der Waals surface area contributed by atoms with E-state index >= 15 is 0 Å². The van der Waals surface area contributed by atoms with Crippen LogP contribution in [-0.4, -0.2) is 20.6 Å². The molecule has 0 atom stereocenters. The Kier molecular flexibility index (Phi) is 4.88. The second kappa shape index (κ2) is 7.43. The smallest absolute Gasteiger partial charge is 0.269 e. The van der Waals surface area contributed by atoms with Gasteiger partial charge in [0.15, 0.2) is 0 Å². The average Bonchev–Trinajstić information content (AvgIpc) is 3.15. The molecule has 2 heterocycles. The first-order valence-corrected chi connectivity index (χ1v) is 7.65. The van der Waals surface area contributed by atoms with E-state index in [1.54, 1.807) is 12.1 Å². The number of benzene rings is 1. The summed E-state index contributed by atoms with van der Waals surface area (Å²) in [6, 6.07) is 12.0. The summed E-state index contributed by atoms with van der Waals surface area (Å²) in [5.74, 6) is 0.204. The van der Waals surface area contributed by atoms with Crippen molar-refractivity contribution in [3.05, 3.63) is 81.0 Å². The minimum atomic E-state index is -0.499. The molecule has 2 aromatic heterocycles. The van der Waals surface area contributed by atoms with Crippen LogP contribution in [0.15, 0.2) is 64.0 Å². The zero-order valence-corrected chi connectivity index (χ0v) is 13.5. The van der Waals surface area contributed by atoms with Gasteiger partial charge in [0.2, 0.25) is 5.91 Å². The fraction of sp³-hybridized carbons (Fsp3) is 0.118. The first-order chi connectivity index (χ1) is 12.5. The van der Waals surface area contributed by atoms with E-state index in [0.717, 1.165) is 4.68 Å². The van der Waals surface area contributed by atoms with Crippen LogP contribution >= 0.6 is 0 Å². The van der Waals surface area contributed by atoms with E-state index in [9.17, 15) is 19.7 Å². The number of rotatable bonds is 6. The number of nitrogens with one attached hydrogen (secondary N) is 1. The summed E-state index contributed by atoms with van der Waals surface area (Å²) < 4.78 is 6.15. The van der Waals surface area contributed by atoms with Crippen LogP contribution in [-0.2, 0) is 17.9 Å². The van der Waals surface area contributed by atoms with E-state index in [1.807, 2.05) is 0 Å². The minimum absolute atomic E-state index is 0.0422. The van der Waals surface area contributed by atoms with Gasteiger partial charge in [0.25, 0.3) is 11.2 Å². The molecule has 1 amide bonds. The molecule has 26 heavy (non-hydrogen) atoms. The maximum Gasteiger partial charge on any atom is 0.269 e. The van der Waals surface area contributed by atoms with Crippen LogP contribution in [0.1, 0.15) is 5.76 Å². The number of furan rings is 1. The molecule has 0 unspecified atom stereocenters. The summed E-state index contributed by atoms with van der Waals surface area (Å²) in [5.41, 5.74) is 0.557. The molecule has 0 aliphatic heterocycles. The first kappa shape index (κ1) is 17.1. The predicted molar refractivity (Wildman–Crippen MR) is 91.1 cm³/mol. The second-order valence-corrected chi connectivity index (χ2v) is 5.37. The lowest BCUT2D eigenvalue weighted by molar-refractivity contribution is -0.384. The molecule has 0 fully saturated rings. The number of nitro groups is 1. The van der Waals surface area contributed by atoms with E-state index in [4.69, 9.17) is 4.42 Å². The number of aromatic nitrogens is 2. The van der Waals surface area contributed by atoms with E-state index in [2.05, 4.69) is 10.4 Å². The standard InChI is InChI=1S/C17H14N4O5/c22-16(18-10-14-2-1-9-26-14)11-20-17(23)8-7-15(19-20)12-3-5-13(6-4-12)21(24)25/h1-9H,10-11H2,(H,18,22). The van der Waals surface area contributed by atoms with Crippen LogP contribution in [0.5, 0.6) is 0 Å². The number of carbonyl (C=O) groups is 1. The Morgan fingerprint density at radius 1 is 1.19 bits per heavy atom. The van der Waals surface area contributed by atoms with Crippen LogP contribution in [0, 0.1) is 10.1 Å².